The van der Waals surface area contributed by atoms with Crippen LogP contribution in [0, 0.1) is 6.92 Å². The quantitative estimate of drug-likeness (QED) is 0.848. The molecule has 130 valence electrons. The highest BCUT2D eigenvalue weighted by Gasteiger charge is 2.51. The second kappa shape index (κ2) is 6.55. The van der Waals surface area contributed by atoms with Crippen LogP contribution in [0.25, 0.3) is 0 Å². The zero-order valence-corrected chi connectivity index (χ0v) is 14.9. The molecule has 1 aromatic heterocycles. The van der Waals surface area contributed by atoms with Crippen molar-refractivity contribution in [2.24, 2.45) is 0 Å². The minimum atomic E-state index is -0.765. The van der Waals surface area contributed by atoms with E-state index in [0.29, 0.717) is 19.4 Å². The maximum absolute atomic E-state index is 12.7. The van der Waals surface area contributed by atoms with Crippen molar-refractivity contribution in [1.82, 2.24) is 15.1 Å². The SMILES string of the molecule is Cc1ccsc1CN(C)C(=O)CN1C(=O)NC2(CCCCC2)C1=O. The van der Waals surface area contributed by atoms with Gasteiger partial charge in [0.1, 0.15) is 12.1 Å². The van der Waals surface area contributed by atoms with E-state index < -0.39 is 11.6 Å². The molecular formula is C17H23N3O3S. The minimum absolute atomic E-state index is 0.187. The van der Waals surface area contributed by atoms with Gasteiger partial charge in [-0.2, -0.15) is 0 Å². The first-order valence-electron chi connectivity index (χ1n) is 8.34. The van der Waals surface area contributed by atoms with Crippen molar-refractivity contribution in [3.63, 3.8) is 0 Å². The average Bonchev–Trinajstić information content (AvgIpc) is 3.05. The lowest BCUT2D eigenvalue weighted by Crippen LogP contribution is -2.49. The van der Waals surface area contributed by atoms with Crippen molar-refractivity contribution in [1.29, 1.82) is 0 Å². The Morgan fingerprint density at radius 1 is 1.33 bits per heavy atom. The summed E-state index contributed by atoms with van der Waals surface area (Å²) in [7, 11) is 1.70. The fourth-order valence-electron chi connectivity index (χ4n) is 3.44. The highest BCUT2D eigenvalue weighted by atomic mass is 32.1. The van der Waals surface area contributed by atoms with E-state index in [1.807, 2.05) is 18.4 Å². The van der Waals surface area contributed by atoms with Gasteiger partial charge in [0.15, 0.2) is 0 Å². The summed E-state index contributed by atoms with van der Waals surface area (Å²) in [5.41, 5.74) is 0.384. The van der Waals surface area contributed by atoms with Crippen molar-refractivity contribution in [3.05, 3.63) is 21.9 Å². The van der Waals surface area contributed by atoms with E-state index in [0.717, 1.165) is 34.6 Å². The summed E-state index contributed by atoms with van der Waals surface area (Å²) < 4.78 is 0. The molecule has 1 saturated heterocycles. The number of carbonyl (C=O) groups excluding carboxylic acids is 3. The molecule has 1 aliphatic heterocycles. The molecule has 0 bridgehead atoms. The van der Waals surface area contributed by atoms with Crippen LogP contribution in [0.5, 0.6) is 0 Å². The number of hydrogen-bond donors (Lipinski definition) is 1. The lowest BCUT2D eigenvalue weighted by molar-refractivity contribution is -0.139. The molecule has 2 aliphatic rings. The van der Waals surface area contributed by atoms with Crippen LogP contribution in [0.15, 0.2) is 11.4 Å². The van der Waals surface area contributed by atoms with Gasteiger partial charge in [-0.15, -0.1) is 11.3 Å². The van der Waals surface area contributed by atoms with E-state index in [4.69, 9.17) is 0 Å². The largest absolute Gasteiger partial charge is 0.339 e. The van der Waals surface area contributed by atoms with Crippen molar-refractivity contribution in [2.45, 2.75) is 51.1 Å². The number of likely N-dealkylation sites (N-methyl/N-ethyl adjacent to an activating group) is 1. The third-order valence-corrected chi connectivity index (χ3v) is 6.03. The van der Waals surface area contributed by atoms with Crippen molar-refractivity contribution in [2.75, 3.05) is 13.6 Å². The zero-order valence-electron chi connectivity index (χ0n) is 14.1. The molecule has 0 atom stereocenters. The molecule has 7 heteroatoms. The third kappa shape index (κ3) is 3.05. The highest BCUT2D eigenvalue weighted by Crippen LogP contribution is 2.33. The summed E-state index contributed by atoms with van der Waals surface area (Å²) in [5, 5.41) is 4.83. The topological polar surface area (TPSA) is 69.7 Å². The van der Waals surface area contributed by atoms with Crippen LogP contribution in [0.3, 0.4) is 0 Å². The number of imide groups is 1. The van der Waals surface area contributed by atoms with E-state index in [9.17, 15) is 14.4 Å². The van der Waals surface area contributed by atoms with Crippen LogP contribution in [-0.4, -0.2) is 46.8 Å². The maximum Gasteiger partial charge on any atom is 0.325 e. The second-order valence-corrected chi connectivity index (χ2v) is 7.74. The number of urea groups is 1. The predicted molar refractivity (Wildman–Crippen MR) is 91.6 cm³/mol. The highest BCUT2D eigenvalue weighted by molar-refractivity contribution is 7.10. The van der Waals surface area contributed by atoms with Crippen LogP contribution in [-0.2, 0) is 16.1 Å². The van der Waals surface area contributed by atoms with Gasteiger partial charge in [0.2, 0.25) is 5.91 Å². The second-order valence-electron chi connectivity index (χ2n) is 6.74. The van der Waals surface area contributed by atoms with Crippen LogP contribution in [0.4, 0.5) is 4.79 Å². The number of amides is 4. The number of nitrogens with one attached hydrogen (secondary N) is 1. The Kier molecular flexibility index (Phi) is 4.62. The summed E-state index contributed by atoms with van der Waals surface area (Å²) in [4.78, 5) is 41.1. The minimum Gasteiger partial charge on any atom is -0.339 e. The zero-order chi connectivity index (χ0) is 17.3. The van der Waals surface area contributed by atoms with E-state index in [1.165, 1.54) is 0 Å². The summed E-state index contributed by atoms with van der Waals surface area (Å²) in [5.74, 6) is -0.458. The maximum atomic E-state index is 12.7. The summed E-state index contributed by atoms with van der Waals surface area (Å²) in [6.07, 6.45) is 4.31. The van der Waals surface area contributed by atoms with Gasteiger partial charge >= 0.3 is 6.03 Å². The Hall–Kier alpha value is -1.89. The number of rotatable bonds is 4. The van der Waals surface area contributed by atoms with Gasteiger partial charge in [0, 0.05) is 11.9 Å². The van der Waals surface area contributed by atoms with E-state index >= 15 is 0 Å². The van der Waals surface area contributed by atoms with Gasteiger partial charge in [0.25, 0.3) is 5.91 Å². The van der Waals surface area contributed by atoms with Gasteiger partial charge in [-0.3, -0.25) is 14.5 Å². The first-order chi connectivity index (χ1) is 11.4. The van der Waals surface area contributed by atoms with Gasteiger partial charge in [-0.1, -0.05) is 19.3 Å². The molecule has 2 fully saturated rings. The monoisotopic (exact) mass is 349 g/mol. The molecule has 1 spiro atoms. The fourth-order valence-corrected chi connectivity index (χ4v) is 4.40. The first-order valence-corrected chi connectivity index (χ1v) is 9.22. The molecule has 6 nitrogen and oxygen atoms in total. The molecular weight excluding hydrogens is 326 g/mol. The smallest absolute Gasteiger partial charge is 0.325 e. The van der Waals surface area contributed by atoms with Crippen molar-refractivity contribution in [3.8, 4) is 0 Å². The Morgan fingerprint density at radius 3 is 2.67 bits per heavy atom. The third-order valence-electron chi connectivity index (χ3n) is 5.02. The lowest BCUT2D eigenvalue weighted by Gasteiger charge is -2.30. The summed E-state index contributed by atoms with van der Waals surface area (Å²) >= 11 is 1.60. The van der Waals surface area contributed by atoms with Gasteiger partial charge in [0.05, 0.1) is 6.54 Å². The predicted octanol–water partition coefficient (Wildman–Crippen LogP) is 2.27. The van der Waals surface area contributed by atoms with Gasteiger partial charge in [-0.25, -0.2) is 4.79 Å². The molecule has 0 aromatic carbocycles. The molecule has 1 aromatic rings. The summed E-state index contributed by atoms with van der Waals surface area (Å²) in [6.45, 7) is 2.32. The number of nitrogens with zero attached hydrogens (tertiary/aromatic N) is 2. The Balaban J connectivity index is 1.64. The van der Waals surface area contributed by atoms with Gasteiger partial charge in [-0.05, 0) is 36.8 Å². The van der Waals surface area contributed by atoms with Crippen molar-refractivity contribution >= 4 is 29.2 Å². The Labute approximate surface area is 145 Å². The van der Waals surface area contributed by atoms with Crippen LogP contribution < -0.4 is 5.32 Å². The van der Waals surface area contributed by atoms with E-state index in [2.05, 4.69) is 5.32 Å². The average molecular weight is 349 g/mol. The molecule has 1 aliphatic carbocycles. The molecule has 4 amide bonds. The fraction of sp³-hybridized carbons (Fsp3) is 0.588. The number of thiophene rings is 1. The Morgan fingerprint density at radius 2 is 2.04 bits per heavy atom. The summed E-state index contributed by atoms with van der Waals surface area (Å²) in [6, 6.07) is 1.58. The molecule has 0 radical (unpaired) electrons. The Bertz CT molecular complexity index is 664. The molecule has 0 unspecified atom stereocenters. The van der Waals surface area contributed by atoms with Crippen LogP contribution in [0.1, 0.15) is 42.5 Å². The molecule has 24 heavy (non-hydrogen) atoms. The van der Waals surface area contributed by atoms with Crippen LogP contribution >= 0.6 is 11.3 Å². The standard InChI is InChI=1S/C17H23N3O3S/c1-12-6-9-24-13(12)10-19(2)14(21)11-20-15(22)17(18-16(20)23)7-4-3-5-8-17/h6,9H,3-5,7-8,10-11H2,1-2H3,(H,18,23). The lowest BCUT2D eigenvalue weighted by atomic mass is 9.82. The molecule has 2 heterocycles. The normalized spacial score (nSPS) is 19.7. The van der Waals surface area contributed by atoms with Crippen molar-refractivity contribution < 1.29 is 14.4 Å². The number of hydrogen-bond acceptors (Lipinski definition) is 4. The molecule has 3 rings (SSSR count). The molecule has 1 saturated carbocycles. The van der Waals surface area contributed by atoms with Gasteiger partial charge < -0.3 is 10.2 Å². The van der Waals surface area contributed by atoms with Crippen LogP contribution in [0.2, 0.25) is 0 Å². The first kappa shape index (κ1) is 17.0. The molecule has 1 N–H and O–H groups in total. The van der Waals surface area contributed by atoms with E-state index in [1.54, 1.807) is 23.3 Å². The number of carbonyl (C=O) groups is 3. The number of aryl methyl sites for hydroxylation is 1. The van der Waals surface area contributed by atoms with E-state index in [-0.39, 0.29) is 18.4 Å².